The molecule has 2 saturated heterocycles. The van der Waals surface area contributed by atoms with Crippen molar-refractivity contribution in [3.8, 4) is 11.5 Å². The minimum Gasteiger partial charge on any atom is -0.496 e. The molecule has 12 heteroatoms. The minimum atomic E-state index is -1.64. The molecule has 5 aliphatic rings. The number of carbonyl (C=O) groups excluding carboxylic acids is 4. The van der Waals surface area contributed by atoms with Crippen LogP contribution in [0.15, 0.2) is 33.5 Å². The highest BCUT2D eigenvalue weighted by Gasteiger charge is 2.78. The number of esters is 4. The highest BCUT2D eigenvalue weighted by molar-refractivity contribution is 5.98. The Labute approximate surface area is 300 Å². The topological polar surface area (TPSA) is 154 Å². The Bertz CT molecular complexity index is 2230. The van der Waals surface area contributed by atoms with Gasteiger partial charge in [0.15, 0.2) is 17.8 Å². The van der Waals surface area contributed by atoms with E-state index in [0.717, 1.165) is 5.56 Å². The molecule has 4 bridgehead atoms. The summed E-state index contributed by atoms with van der Waals surface area (Å²) < 4.78 is 43.5. The van der Waals surface area contributed by atoms with Crippen LogP contribution in [0.25, 0.3) is 21.9 Å². The van der Waals surface area contributed by atoms with Gasteiger partial charge in [-0.2, -0.15) is 0 Å². The van der Waals surface area contributed by atoms with Crippen molar-refractivity contribution in [2.45, 2.75) is 117 Å². The first-order valence-corrected chi connectivity index (χ1v) is 17.8. The molecule has 0 radical (unpaired) electrons. The minimum absolute atomic E-state index is 0.0162. The molecule has 2 aromatic carbocycles. The summed E-state index contributed by atoms with van der Waals surface area (Å²) in [5, 5.41) is 0.379. The van der Waals surface area contributed by atoms with Gasteiger partial charge in [0, 0.05) is 16.9 Å². The summed E-state index contributed by atoms with van der Waals surface area (Å²) in [7, 11) is 1.42. The molecule has 2 saturated carbocycles. The Hall–Kier alpha value is -4.61. The van der Waals surface area contributed by atoms with Crippen molar-refractivity contribution >= 4 is 45.8 Å². The Morgan fingerprint density at radius 3 is 1.81 bits per heavy atom. The smallest absolute Gasteiger partial charge is 0.351 e. The first-order valence-electron chi connectivity index (χ1n) is 17.8. The van der Waals surface area contributed by atoms with Crippen LogP contribution >= 0.6 is 0 Å². The Balaban J connectivity index is 1.34. The quantitative estimate of drug-likeness (QED) is 0.168. The predicted octanol–water partition coefficient (Wildman–Crippen LogP) is 6.17. The average molecular weight is 717 g/mol. The summed E-state index contributed by atoms with van der Waals surface area (Å²) in [6.07, 6.45) is -1.53. The zero-order valence-electron chi connectivity index (χ0n) is 31.2. The van der Waals surface area contributed by atoms with Crippen molar-refractivity contribution in [2.24, 2.45) is 21.7 Å². The summed E-state index contributed by atoms with van der Waals surface area (Å²) in [6, 6.07) is 6.72. The Morgan fingerprint density at radius 2 is 1.31 bits per heavy atom. The van der Waals surface area contributed by atoms with E-state index in [-0.39, 0.29) is 51.9 Å². The molecular weight excluding hydrogens is 672 g/mol. The van der Waals surface area contributed by atoms with E-state index in [2.05, 4.69) is 0 Å². The summed E-state index contributed by atoms with van der Waals surface area (Å²) >= 11 is 0. The molecule has 3 aliphatic heterocycles. The van der Waals surface area contributed by atoms with Gasteiger partial charge in [0.2, 0.25) is 16.6 Å². The van der Waals surface area contributed by atoms with Gasteiger partial charge in [-0.25, -0.2) is 9.59 Å². The number of rotatable bonds is 5. The van der Waals surface area contributed by atoms with Crippen LogP contribution in [-0.2, 0) is 38.1 Å². The van der Waals surface area contributed by atoms with Crippen molar-refractivity contribution in [2.75, 3.05) is 7.11 Å². The van der Waals surface area contributed by atoms with Crippen molar-refractivity contribution in [1.29, 1.82) is 0 Å². The van der Waals surface area contributed by atoms with Crippen molar-refractivity contribution in [3.05, 3.63) is 45.6 Å². The van der Waals surface area contributed by atoms with Gasteiger partial charge in [-0.3, -0.25) is 14.4 Å². The van der Waals surface area contributed by atoms with Gasteiger partial charge < -0.3 is 32.8 Å². The molecule has 12 nitrogen and oxygen atoms in total. The van der Waals surface area contributed by atoms with E-state index in [4.69, 9.17) is 32.8 Å². The zero-order valence-corrected chi connectivity index (χ0v) is 31.2. The summed E-state index contributed by atoms with van der Waals surface area (Å²) in [5.41, 5.74) is -7.49. The normalized spacial score (nSPS) is 34.4. The third kappa shape index (κ3) is 3.80. The molecule has 1 aromatic heterocycles. The van der Waals surface area contributed by atoms with E-state index in [0.29, 0.717) is 18.2 Å². The lowest BCUT2D eigenvalue weighted by Crippen LogP contribution is -2.57. The second-order valence-corrected chi connectivity index (χ2v) is 17.3. The first-order chi connectivity index (χ1) is 24.1. The number of hydrogen-bond donors (Lipinski definition) is 0. The highest BCUT2D eigenvalue weighted by atomic mass is 16.7. The van der Waals surface area contributed by atoms with Gasteiger partial charge in [-0.15, -0.1) is 0 Å². The third-order valence-electron chi connectivity index (χ3n) is 14.2. The lowest BCUT2D eigenvalue weighted by atomic mass is 9.66. The maximum absolute atomic E-state index is 14.7. The second kappa shape index (κ2) is 10.1. The van der Waals surface area contributed by atoms with Crippen molar-refractivity contribution in [3.63, 3.8) is 0 Å². The van der Waals surface area contributed by atoms with Crippen LogP contribution in [0.5, 0.6) is 11.5 Å². The largest absolute Gasteiger partial charge is 0.496 e. The molecule has 0 N–H and O–H groups in total. The zero-order chi connectivity index (χ0) is 37.8. The van der Waals surface area contributed by atoms with Gasteiger partial charge in [-0.1, -0.05) is 33.8 Å². The fourth-order valence-corrected chi connectivity index (χ4v) is 9.62. The van der Waals surface area contributed by atoms with Gasteiger partial charge in [0.1, 0.15) is 28.1 Å². The monoisotopic (exact) mass is 716 g/mol. The Kier molecular flexibility index (Phi) is 6.68. The van der Waals surface area contributed by atoms with Crippen LogP contribution in [0.4, 0.5) is 0 Å². The van der Waals surface area contributed by atoms with Crippen LogP contribution in [0, 0.1) is 28.6 Å². The maximum atomic E-state index is 14.7. The molecule has 276 valence electrons. The van der Waals surface area contributed by atoms with Gasteiger partial charge in [0.05, 0.1) is 28.9 Å². The molecule has 4 heterocycles. The lowest BCUT2D eigenvalue weighted by Gasteiger charge is -2.46. The van der Waals surface area contributed by atoms with Gasteiger partial charge >= 0.3 is 23.9 Å². The van der Waals surface area contributed by atoms with E-state index < -0.39 is 74.5 Å². The van der Waals surface area contributed by atoms with Gasteiger partial charge in [0.25, 0.3) is 0 Å². The van der Waals surface area contributed by atoms with Crippen LogP contribution in [-0.4, -0.2) is 53.9 Å². The van der Waals surface area contributed by atoms with Crippen molar-refractivity contribution < 1.29 is 52.0 Å². The van der Waals surface area contributed by atoms with Crippen LogP contribution in [0.3, 0.4) is 0 Å². The van der Waals surface area contributed by atoms with E-state index in [9.17, 15) is 24.0 Å². The van der Waals surface area contributed by atoms with E-state index in [1.165, 1.54) is 13.2 Å². The maximum Gasteiger partial charge on any atom is 0.351 e. The number of hydrogen-bond acceptors (Lipinski definition) is 12. The number of benzene rings is 2. The van der Waals surface area contributed by atoms with E-state index >= 15 is 0 Å². The fourth-order valence-electron chi connectivity index (χ4n) is 9.62. The highest BCUT2D eigenvalue weighted by Crippen LogP contribution is 2.68. The van der Waals surface area contributed by atoms with E-state index in [1.54, 1.807) is 45.9 Å². The third-order valence-corrected chi connectivity index (χ3v) is 14.2. The first kappa shape index (κ1) is 34.5. The SMILES string of the molecule is COc1cc2c(c3oc4cc(C)ccc4c(=O)c13)[C@@H](OC(=O)C13CCC(C)(C(=O)O1)C3(C)C)[C@@H](OC(=O)C13CCC(C)(C(=O)O1)C3(C)C)C(C)(C)O2. The molecule has 0 spiro atoms. The van der Waals surface area contributed by atoms with Crippen LogP contribution < -0.4 is 14.9 Å². The van der Waals surface area contributed by atoms with Crippen LogP contribution in [0.1, 0.15) is 98.3 Å². The average Bonchev–Trinajstić information content (AvgIpc) is 3.53. The molecule has 4 unspecified atom stereocenters. The number of carbonyl (C=O) groups is 4. The number of methoxy groups -OCH3 is 1. The molecule has 52 heavy (non-hydrogen) atoms. The van der Waals surface area contributed by atoms with E-state index in [1.807, 2.05) is 34.6 Å². The molecule has 0 amide bonds. The second-order valence-electron chi connectivity index (χ2n) is 17.3. The predicted molar refractivity (Wildman–Crippen MR) is 185 cm³/mol. The molecule has 2 aliphatic carbocycles. The standard InChI is InChI=1S/C40H44O12/c1-19-11-12-20-21(17-19)47-27-24(26(20)41)22(46-10)18-23-25(27)28(48-32(44)39-15-13-37(8,30(42)51-39)35(39,4)5)29(34(2,3)50-23)49-33(45)40-16-14-38(9,31(43)52-40)36(40,6)7/h11-12,17-18,28-29H,13-16H2,1-10H3/t28-,29-,37?,38?,39?,40?/m1/s1. The number of ether oxygens (including phenoxy) is 6. The van der Waals surface area contributed by atoms with Crippen LogP contribution in [0.2, 0.25) is 0 Å². The number of fused-ring (bicyclic) bond motifs is 8. The fraction of sp³-hybridized carbons (Fsp3) is 0.575. The summed E-state index contributed by atoms with van der Waals surface area (Å²) in [4.78, 5) is 69.9. The molecule has 8 rings (SSSR count). The Morgan fingerprint density at radius 1 is 0.750 bits per heavy atom. The summed E-state index contributed by atoms with van der Waals surface area (Å²) in [5.74, 6) is -2.27. The number of aryl methyl sites for hydroxylation is 1. The lowest BCUT2D eigenvalue weighted by molar-refractivity contribution is -0.217. The molecule has 6 atom stereocenters. The molecular formula is C40H44O12. The molecule has 3 aromatic rings. The summed E-state index contributed by atoms with van der Waals surface area (Å²) in [6.45, 7) is 16.1. The van der Waals surface area contributed by atoms with Gasteiger partial charge in [-0.05, 0) is 78.0 Å². The molecule has 4 fully saturated rings. The van der Waals surface area contributed by atoms with Crippen molar-refractivity contribution in [1.82, 2.24) is 0 Å².